The number of benzene rings is 2. The number of imide groups is 1. The fraction of sp³-hybridized carbons (Fsp3) is 0.465. The number of ketones is 1. The van der Waals surface area contributed by atoms with Gasteiger partial charge < -0.3 is 53.7 Å². The highest BCUT2D eigenvalue weighted by Crippen LogP contribution is 2.39. The largest absolute Gasteiger partial charge is 0.370 e. The number of para-hydroxylation sites is 1. The Kier molecular flexibility index (Phi) is 13.1. The van der Waals surface area contributed by atoms with Crippen LogP contribution in [0, 0.1) is 5.41 Å². The van der Waals surface area contributed by atoms with Crippen molar-refractivity contribution in [3.8, 4) is 0 Å². The van der Waals surface area contributed by atoms with Crippen LogP contribution in [0.4, 0.5) is 4.79 Å². The first-order chi connectivity index (χ1) is 30.2. The summed E-state index contributed by atoms with van der Waals surface area (Å²) in [4.78, 5) is 119. The number of hydrogen-bond acceptors (Lipinski definition) is 10. The third-order valence-electron chi connectivity index (χ3n) is 12.7. The number of urea groups is 1. The summed E-state index contributed by atoms with van der Waals surface area (Å²) in [7, 11) is 0. The van der Waals surface area contributed by atoms with Gasteiger partial charge in [-0.25, -0.2) is 9.69 Å². The smallest absolute Gasteiger partial charge is 0.325 e. The number of rotatable bonds is 8. The fourth-order valence-corrected chi connectivity index (χ4v) is 9.42. The molecule has 3 saturated heterocycles. The number of aromatic amines is 1. The summed E-state index contributed by atoms with van der Waals surface area (Å²) in [6.07, 6.45) is 2.48. The van der Waals surface area contributed by atoms with Gasteiger partial charge in [-0.05, 0) is 62.3 Å². The highest BCUT2D eigenvalue weighted by Gasteiger charge is 2.59. The van der Waals surface area contributed by atoms with Crippen molar-refractivity contribution in [2.75, 3.05) is 13.1 Å². The average Bonchev–Trinajstić information content (AvgIpc) is 3.98. The van der Waals surface area contributed by atoms with E-state index in [1.54, 1.807) is 36.5 Å². The second kappa shape index (κ2) is 18.6. The van der Waals surface area contributed by atoms with Gasteiger partial charge in [0.15, 0.2) is 11.7 Å². The second-order valence-electron chi connectivity index (χ2n) is 16.8. The van der Waals surface area contributed by atoms with Gasteiger partial charge in [0.2, 0.25) is 29.5 Å². The molecule has 1 saturated carbocycles. The molecule has 334 valence electrons. The monoisotopic (exact) mass is 866 g/mol. The summed E-state index contributed by atoms with van der Waals surface area (Å²) < 4.78 is 0. The van der Waals surface area contributed by atoms with Gasteiger partial charge in [-0.1, -0.05) is 61.4 Å². The number of carbonyl (C=O) groups is 8. The molecule has 3 aliphatic heterocycles. The Bertz CT molecular complexity index is 2290. The fourth-order valence-electron chi connectivity index (χ4n) is 9.42. The molecule has 3 aromatic rings. The van der Waals surface area contributed by atoms with Gasteiger partial charge >= 0.3 is 6.03 Å². The van der Waals surface area contributed by atoms with Gasteiger partial charge in [-0.15, -0.1) is 0 Å². The molecule has 1 aromatic heterocycles. The summed E-state index contributed by atoms with van der Waals surface area (Å²) in [6.45, 7) is -0.185. The average molecular weight is 867 g/mol. The number of nitrogens with two attached hydrogens (primary N) is 2. The Morgan fingerprint density at radius 2 is 1.49 bits per heavy atom. The summed E-state index contributed by atoms with van der Waals surface area (Å²) in [5.74, 6) is -6.19. The van der Waals surface area contributed by atoms with E-state index in [2.05, 4.69) is 42.2 Å². The van der Waals surface area contributed by atoms with E-state index < -0.39 is 101 Å². The van der Waals surface area contributed by atoms with Gasteiger partial charge in [0.05, 0.1) is 0 Å². The first-order valence-electron chi connectivity index (χ1n) is 21.3. The van der Waals surface area contributed by atoms with Crippen molar-refractivity contribution in [2.45, 2.75) is 112 Å². The molecule has 2 aromatic carbocycles. The van der Waals surface area contributed by atoms with Gasteiger partial charge in [0.1, 0.15) is 41.3 Å². The minimum Gasteiger partial charge on any atom is -0.370 e. The number of nitrogens with one attached hydrogen (secondary N) is 9. The number of hydrogen-bond donors (Lipinski definition) is 11. The molecule has 8 amide bonds. The molecule has 20 nitrogen and oxygen atoms in total. The number of guanidine groups is 1. The molecule has 2 bridgehead atoms. The SMILES string of the molecule is N=C(N)NCC[C@@]12NCCCC[C@@H](C(N)=O)NC(=O)[C@H](Cc3c[nH]c4ccccc34)NC(=O)C1NC(=O)[C@@H](Cc1ccccc1)NC(=O)C1(CCCC1)N1C(=O)N[C@@H](CC2=O)C1=O. The molecule has 4 fully saturated rings. The Balaban J connectivity index is 1.38. The van der Waals surface area contributed by atoms with E-state index in [9.17, 15) is 28.8 Å². The first kappa shape index (κ1) is 44.2. The van der Waals surface area contributed by atoms with Crippen LogP contribution in [-0.2, 0) is 46.4 Å². The predicted octanol–water partition coefficient (Wildman–Crippen LogP) is -1.03. The highest BCUT2D eigenvalue weighted by molar-refractivity contribution is 6.12. The van der Waals surface area contributed by atoms with E-state index in [1.165, 1.54) is 0 Å². The number of nitrogens with zero attached hydrogens (tertiary/aromatic N) is 1. The zero-order chi connectivity index (χ0) is 44.9. The lowest BCUT2D eigenvalue weighted by Gasteiger charge is -2.41. The van der Waals surface area contributed by atoms with E-state index in [1.807, 2.05) is 24.3 Å². The normalized spacial score (nSPS) is 27.1. The van der Waals surface area contributed by atoms with Crippen LogP contribution >= 0.6 is 0 Å². The zero-order valence-electron chi connectivity index (χ0n) is 34.7. The summed E-state index contributed by atoms with van der Waals surface area (Å²) in [6, 6.07) is 7.98. The molecular formula is C43H54N12O8. The van der Waals surface area contributed by atoms with Gasteiger partial charge in [-0.3, -0.25) is 39.0 Å². The number of amides is 8. The minimum absolute atomic E-state index is 0.00798. The number of fused-ring (bicyclic) bond motifs is 5. The molecule has 63 heavy (non-hydrogen) atoms. The predicted molar refractivity (Wildman–Crippen MR) is 228 cm³/mol. The zero-order valence-corrected chi connectivity index (χ0v) is 34.7. The van der Waals surface area contributed by atoms with Crippen LogP contribution < -0.4 is 48.7 Å². The molecule has 1 unspecified atom stereocenters. The number of carbonyl (C=O) groups excluding carboxylic acids is 8. The minimum atomic E-state index is -2.11. The summed E-state index contributed by atoms with van der Waals surface area (Å²) >= 11 is 0. The molecule has 1 aliphatic carbocycles. The maximum Gasteiger partial charge on any atom is 0.325 e. The number of H-pyrrole nitrogens is 1. The first-order valence-corrected chi connectivity index (χ1v) is 21.3. The van der Waals surface area contributed by atoms with Crippen molar-refractivity contribution < 1.29 is 38.4 Å². The summed E-state index contributed by atoms with van der Waals surface area (Å²) in [5, 5.41) is 28.3. The van der Waals surface area contributed by atoms with Crippen molar-refractivity contribution in [1.82, 2.24) is 47.1 Å². The van der Waals surface area contributed by atoms with Crippen LogP contribution in [0.15, 0.2) is 60.8 Å². The highest BCUT2D eigenvalue weighted by atomic mass is 16.2. The van der Waals surface area contributed by atoms with Crippen LogP contribution in [-0.4, -0.2) is 117 Å². The number of primary amides is 1. The molecule has 0 radical (unpaired) electrons. The molecule has 13 N–H and O–H groups in total. The number of Topliss-reactive ketones (excluding diaryl/α,β-unsaturated/α-hetero) is 1. The molecule has 6 atom stereocenters. The van der Waals surface area contributed by atoms with Crippen LogP contribution in [0.5, 0.6) is 0 Å². The third kappa shape index (κ3) is 9.20. The Morgan fingerprint density at radius 3 is 2.22 bits per heavy atom. The lowest BCUT2D eigenvalue weighted by Crippen LogP contribution is -2.73. The third-order valence-corrected chi connectivity index (χ3v) is 12.7. The van der Waals surface area contributed by atoms with E-state index in [-0.39, 0.29) is 58.0 Å². The van der Waals surface area contributed by atoms with Gasteiger partial charge in [0.25, 0.3) is 5.91 Å². The topological polar surface area (TPSA) is 316 Å². The maximum atomic E-state index is 15.3. The van der Waals surface area contributed by atoms with Crippen molar-refractivity contribution in [3.63, 3.8) is 0 Å². The number of aromatic nitrogens is 1. The van der Waals surface area contributed by atoms with Crippen LogP contribution in [0.3, 0.4) is 0 Å². The quantitative estimate of drug-likeness (QED) is 0.0739. The molecule has 4 aliphatic rings. The standard InChI is InChI=1S/C43H54N12O8/c44-34(57)28-14-6-9-18-49-43(17-19-47-40(45)46)32(56)22-31-38(61)55(41(63)53-31)42(15-7-8-16-42)39(62)52-29(20-24-10-2-1-3-11-24)36(59)54-33(43)37(60)51-30(35(58)50-28)21-25-23-48-27-13-5-4-12-26(25)27/h1-5,10-13,23,28-31,33,48-49H,6-9,14-22H2,(H2,44,57)(H,50,58)(H,51,60)(H,52,62)(H,53,63)(H,54,59)(H4,45,46,47)/t28-,29+,30-,31-,33?,43-/m0/s1. The van der Waals surface area contributed by atoms with Crippen LogP contribution in [0.1, 0.15) is 68.9 Å². The Labute approximate surface area is 362 Å². The lowest BCUT2D eigenvalue weighted by molar-refractivity contribution is -0.143. The lowest BCUT2D eigenvalue weighted by atomic mass is 9.78. The van der Waals surface area contributed by atoms with Crippen molar-refractivity contribution >= 4 is 64.1 Å². The van der Waals surface area contributed by atoms with Crippen molar-refractivity contribution in [2.24, 2.45) is 11.5 Å². The molecule has 7 rings (SSSR count). The summed E-state index contributed by atoms with van der Waals surface area (Å²) in [5.41, 5.74) is 9.67. The molecular weight excluding hydrogens is 813 g/mol. The Hall–Kier alpha value is -6.83. The van der Waals surface area contributed by atoms with Crippen LogP contribution in [0.25, 0.3) is 10.9 Å². The van der Waals surface area contributed by atoms with E-state index in [0.717, 1.165) is 15.8 Å². The van der Waals surface area contributed by atoms with Crippen LogP contribution in [0.2, 0.25) is 0 Å². The van der Waals surface area contributed by atoms with Crippen molar-refractivity contribution in [3.05, 3.63) is 71.9 Å². The molecule has 4 heterocycles. The Morgan fingerprint density at radius 1 is 0.794 bits per heavy atom. The maximum absolute atomic E-state index is 15.3. The van der Waals surface area contributed by atoms with Crippen molar-refractivity contribution in [1.29, 1.82) is 5.41 Å². The van der Waals surface area contributed by atoms with Gasteiger partial charge in [0, 0.05) is 42.9 Å². The molecule has 20 heteroatoms. The van der Waals surface area contributed by atoms with E-state index in [4.69, 9.17) is 16.9 Å². The van der Waals surface area contributed by atoms with E-state index >= 15 is 9.59 Å². The van der Waals surface area contributed by atoms with Gasteiger partial charge in [-0.2, -0.15) is 0 Å². The molecule has 1 spiro atoms. The second-order valence-corrected chi connectivity index (χ2v) is 16.8. The van der Waals surface area contributed by atoms with E-state index in [0.29, 0.717) is 30.4 Å².